The van der Waals surface area contributed by atoms with Gasteiger partial charge in [-0.05, 0) is 31.2 Å². The highest BCUT2D eigenvalue weighted by Gasteiger charge is 2.33. The minimum absolute atomic E-state index is 0.352. The first-order chi connectivity index (χ1) is 11.0. The van der Waals surface area contributed by atoms with Crippen molar-refractivity contribution in [1.82, 2.24) is 19.7 Å². The molecule has 0 spiro atoms. The van der Waals surface area contributed by atoms with Crippen LogP contribution in [0.1, 0.15) is 11.6 Å². The van der Waals surface area contributed by atoms with E-state index < -0.39 is 12.0 Å². The number of hydrogen-bond acceptors (Lipinski definition) is 5. The van der Waals surface area contributed by atoms with Gasteiger partial charge >= 0.3 is 5.97 Å². The highest BCUT2D eigenvalue weighted by Crippen LogP contribution is 2.19. The van der Waals surface area contributed by atoms with Gasteiger partial charge in [0.05, 0.1) is 13.1 Å². The number of nitrogens with zero attached hydrogens (tertiary/aromatic N) is 4. The van der Waals surface area contributed by atoms with Crippen LogP contribution in [0.25, 0.3) is 0 Å². The van der Waals surface area contributed by atoms with Crippen LogP contribution >= 0.6 is 11.6 Å². The van der Waals surface area contributed by atoms with E-state index in [0.717, 1.165) is 11.6 Å². The molecule has 0 fully saturated rings. The zero-order chi connectivity index (χ0) is 16.4. The van der Waals surface area contributed by atoms with Gasteiger partial charge in [0.1, 0.15) is 30.0 Å². The lowest BCUT2D eigenvalue weighted by molar-refractivity contribution is -0.145. The third kappa shape index (κ3) is 3.46. The van der Waals surface area contributed by atoms with Crippen LogP contribution in [0.4, 0.5) is 0 Å². The van der Waals surface area contributed by atoms with Gasteiger partial charge in [-0.15, -0.1) is 10.2 Å². The van der Waals surface area contributed by atoms with Crippen molar-refractivity contribution in [1.29, 1.82) is 0 Å². The second-order valence-corrected chi connectivity index (χ2v) is 5.84. The van der Waals surface area contributed by atoms with Crippen molar-refractivity contribution < 1.29 is 14.6 Å². The minimum Gasteiger partial charge on any atom is -0.492 e. The summed E-state index contributed by atoms with van der Waals surface area (Å²) in [4.78, 5) is 13.4. The standard InChI is InChI=1S/C15H17ClN4O3/c1-10-17-18-14-9-19(13(15(21)22)8-20(10)14)6-7-23-12-4-2-11(16)3-5-12/h2-5,13H,6-9H2,1H3,(H,21,22). The molecule has 8 heteroatoms. The number of carbonyl (C=O) groups is 1. The lowest BCUT2D eigenvalue weighted by atomic mass is 10.2. The number of rotatable bonds is 5. The van der Waals surface area contributed by atoms with Gasteiger partial charge in [0.2, 0.25) is 0 Å². The number of ether oxygens (including phenoxy) is 1. The van der Waals surface area contributed by atoms with E-state index in [1.165, 1.54) is 0 Å². The third-order valence-electron chi connectivity index (χ3n) is 3.90. The Morgan fingerprint density at radius 2 is 2.13 bits per heavy atom. The largest absolute Gasteiger partial charge is 0.492 e. The van der Waals surface area contributed by atoms with Gasteiger partial charge < -0.3 is 14.4 Å². The van der Waals surface area contributed by atoms with Crippen LogP contribution in [0.5, 0.6) is 5.75 Å². The number of aryl methyl sites for hydroxylation is 1. The number of halogens is 1. The smallest absolute Gasteiger partial charge is 0.322 e. The molecule has 2 heterocycles. The average Bonchev–Trinajstić information content (AvgIpc) is 2.89. The van der Waals surface area contributed by atoms with Crippen LogP contribution in [-0.2, 0) is 17.9 Å². The molecule has 0 amide bonds. The quantitative estimate of drug-likeness (QED) is 0.893. The Balaban J connectivity index is 1.63. The molecule has 7 nitrogen and oxygen atoms in total. The van der Waals surface area contributed by atoms with E-state index in [9.17, 15) is 9.90 Å². The van der Waals surface area contributed by atoms with Gasteiger partial charge in [-0.3, -0.25) is 9.69 Å². The maximum atomic E-state index is 11.5. The van der Waals surface area contributed by atoms with Crippen molar-refractivity contribution >= 4 is 17.6 Å². The summed E-state index contributed by atoms with van der Waals surface area (Å²) in [5.41, 5.74) is 0. The summed E-state index contributed by atoms with van der Waals surface area (Å²) >= 11 is 5.83. The second-order valence-electron chi connectivity index (χ2n) is 5.40. The van der Waals surface area contributed by atoms with Crippen LogP contribution in [0, 0.1) is 6.92 Å². The molecule has 1 aromatic carbocycles. The van der Waals surface area contributed by atoms with Gasteiger partial charge in [0.25, 0.3) is 0 Å². The predicted octanol–water partition coefficient (Wildman–Crippen LogP) is 1.59. The number of fused-ring (bicyclic) bond motifs is 1. The van der Waals surface area contributed by atoms with Gasteiger partial charge in [-0.25, -0.2) is 0 Å². The maximum absolute atomic E-state index is 11.5. The van der Waals surface area contributed by atoms with Gasteiger partial charge in [0, 0.05) is 11.6 Å². The average molecular weight is 337 g/mol. The molecule has 1 aliphatic rings. The van der Waals surface area contributed by atoms with Crippen molar-refractivity contribution in [2.75, 3.05) is 13.2 Å². The molecule has 0 bridgehead atoms. The lowest BCUT2D eigenvalue weighted by Gasteiger charge is -2.33. The number of carboxylic acid groups (broad SMARTS) is 1. The van der Waals surface area contributed by atoms with E-state index in [-0.39, 0.29) is 0 Å². The molecule has 1 N–H and O–H groups in total. The second kappa shape index (κ2) is 6.55. The molecule has 122 valence electrons. The summed E-state index contributed by atoms with van der Waals surface area (Å²) in [5.74, 6) is 1.38. The molecule has 23 heavy (non-hydrogen) atoms. The first-order valence-electron chi connectivity index (χ1n) is 7.28. The maximum Gasteiger partial charge on any atom is 0.322 e. The third-order valence-corrected chi connectivity index (χ3v) is 4.15. The number of hydrogen-bond donors (Lipinski definition) is 1. The molecule has 0 saturated carbocycles. The Kier molecular flexibility index (Phi) is 4.49. The number of aliphatic carboxylic acids is 1. The van der Waals surface area contributed by atoms with Gasteiger partial charge in [-0.2, -0.15) is 0 Å². The summed E-state index contributed by atoms with van der Waals surface area (Å²) in [7, 11) is 0. The van der Waals surface area contributed by atoms with Crippen molar-refractivity contribution in [3.8, 4) is 5.75 Å². The van der Waals surface area contributed by atoms with Crippen LogP contribution in [0.15, 0.2) is 24.3 Å². The topological polar surface area (TPSA) is 80.5 Å². The first kappa shape index (κ1) is 15.8. The van der Waals surface area contributed by atoms with Crippen LogP contribution < -0.4 is 4.74 Å². The number of carboxylic acids is 1. The fourth-order valence-electron chi connectivity index (χ4n) is 2.64. The highest BCUT2D eigenvalue weighted by atomic mass is 35.5. The van der Waals surface area contributed by atoms with Crippen LogP contribution in [-0.4, -0.2) is 49.9 Å². The highest BCUT2D eigenvalue weighted by molar-refractivity contribution is 6.30. The van der Waals surface area contributed by atoms with E-state index >= 15 is 0 Å². The summed E-state index contributed by atoms with van der Waals surface area (Å²) in [5, 5.41) is 18.2. The summed E-state index contributed by atoms with van der Waals surface area (Å²) in [6.45, 7) is 3.50. The Morgan fingerprint density at radius 3 is 2.83 bits per heavy atom. The Morgan fingerprint density at radius 1 is 1.39 bits per heavy atom. The summed E-state index contributed by atoms with van der Waals surface area (Å²) < 4.78 is 7.51. The van der Waals surface area contributed by atoms with E-state index in [1.54, 1.807) is 24.3 Å². The predicted molar refractivity (Wildman–Crippen MR) is 83.5 cm³/mol. The van der Waals surface area contributed by atoms with E-state index in [4.69, 9.17) is 16.3 Å². The SMILES string of the molecule is Cc1nnc2n1CC(C(=O)O)N(CCOc1ccc(Cl)cc1)C2. The summed E-state index contributed by atoms with van der Waals surface area (Å²) in [6, 6.07) is 6.47. The molecule has 0 aliphatic carbocycles. The van der Waals surface area contributed by atoms with Crippen molar-refractivity contribution in [3.63, 3.8) is 0 Å². The molecule has 1 aromatic heterocycles. The molecular formula is C15H17ClN4O3. The Bertz CT molecular complexity index is 701. The van der Waals surface area contributed by atoms with Gasteiger partial charge in [0.15, 0.2) is 0 Å². The molecule has 1 atom stereocenters. The zero-order valence-corrected chi connectivity index (χ0v) is 13.4. The lowest BCUT2D eigenvalue weighted by Crippen LogP contribution is -2.49. The zero-order valence-electron chi connectivity index (χ0n) is 12.6. The molecule has 1 aliphatic heterocycles. The van der Waals surface area contributed by atoms with E-state index in [1.807, 2.05) is 16.4 Å². The Labute approximate surface area is 138 Å². The first-order valence-corrected chi connectivity index (χ1v) is 7.66. The molecule has 3 rings (SSSR count). The van der Waals surface area contributed by atoms with Crippen molar-refractivity contribution in [2.45, 2.75) is 26.1 Å². The van der Waals surface area contributed by atoms with Crippen molar-refractivity contribution in [3.05, 3.63) is 40.9 Å². The van der Waals surface area contributed by atoms with Crippen molar-refractivity contribution in [2.24, 2.45) is 0 Å². The molecule has 0 radical (unpaired) electrons. The van der Waals surface area contributed by atoms with Crippen LogP contribution in [0.2, 0.25) is 5.02 Å². The fourth-order valence-corrected chi connectivity index (χ4v) is 2.77. The normalized spacial score (nSPS) is 17.7. The van der Waals surface area contributed by atoms with E-state index in [0.29, 0.717) is 37.0 Å². The monoisotopic (exact) mass is 336 g/mol. The Hall–Kier alpha value is -2.12. The van der Waals surface area contributed by atoms with E-state index in [2.05, 4.69) is 10.2 Å². The molecule has 2 aromatic rings. The fraction of sp³-hybridized carbons (Fsp3) is 0.400. The van der Waals surface area contributed by atoms with Gasteiger partial charge in [-0.1, -0.05) is 11.6 Å². The number of aromatic nitrogens is 3. The molecule has 1 unspecified atom stereocenters. The molecular weight excluding hydrogens is 320 g/mol. The number of benzene rings is 1. The summed E-state index contributed by atoms with van der Waals surface area (Å²) in [6.07, 6.45) is 0. The molecule has 0 saturated heterocycles. The van der Waals surface area contributed by atoms with Crippen LogP contribution in [0.3, 0.4) is 0 Å². The minimum atomic E-state index is -0.852.